The smallest absolute Gasteiger partial charge is 0.308 e. The first-order chi connectivity index (χ1) is 16.4. The zero-order valence-electron chi connectivity index (χ0n) is 18.4. The van der Waals surface area contributed by atoms with E-state index in [4.69, 9.17) is 11.6 Å². The van der Waals surface area contributed by atoms with Gasteiger partial charge in [-0.1, -0.05) is 53.3 Å². The number of aromatic nitrogens is 1. The average molecular weight is 514 g/mol. The van der Waals surface area contributed by atoms with Crippen molar-refractivity contribution >= 4 is 48.9 Å². The lowest BCUT2D eigenvalue weighted by Gasteiger charge is -2.19. The number of anilines is 1. The van der Waals surface area contributed by atoms with E-state index in [1.165, 1.54) is 11.3 Å². The molecule has 1 aliphatic rings. The van der Waals surface area contributed by atoms with Crippen LogP contribution in [-0.4, -0.2) is 32.6 Å². The van der Waals surface area contributed by atoms with E-state index in [0.717, 1.165) is 41.9 Å². The highest BCUT2D eigenvalue weighted by Crippen LogP contribution is 2.27. The van der Waals surface area contributed by atoms with E-state index in [2.05, 4.69) is 27.8 Å². The van der Waals surface area contributed by atoms with Crippen LogP contribution in [0.3, 0.4) is 0 Å². The predicted octanol–water partition coefficient (Wildman–Crippen LogP) is 4.50. The second kappa shape index (κ2) is 9.54. The molecule has 0 amide bonds. The molecule has 0 unspecified atom stereocenters. The summed E-state index contributed by atoms with van der Waals surface area (Å²) in [6.07, 6.45) is 1.74. The first-order valence-corrected chi connectivity index (χ1v) is 13.8. The number of benzene rings is 3. The van der Waals surface area contributed by atoms with Crippen molar-refractivity contribution in [2.75, 3.05) is 24.5 Å². The number of nitrogens with zero attached hydrogens (tertiary/aromatic N) is 2. The molecule has 1 N–H and O–H groups in total. The Morgan fingerprint density at radius 1 is 1.03 bits per heavy atom. The number of fused-ring (bicyclic) bond motifs is 2. The molecule has 34 heavy (non-hydrogen) atoms. The molecule has 3 aromatic carbocycles. The fourth-order valence-corrected chi connectivity index (χ4v) is 6.57. The Labute approximate surface area is 207 Å². The van der Waals surface area contributed by atoms with Gasteiger partial charge >= 0.3 is 4.87 Å². The maximum atomic E-state index is 12.9. The van der Waals surface area contributed by atoms with Gasteiger partial charge in [0.2, 0.25) is 10.0 Å². The van der Waals surface area contributed by atoms with Gasteiger partial charge in [0.05, 0.1) is 21.7 Å². The second-order valence-electron chi connectivity index (χ2n) is 8.33. The number of halogens is 1. The van der Waals surface area contributed by atoms with Gasteiger partial charge in [-0.3, -0.25) is 9.36 Å². The normalized spacial score (nSPS) is 13.5. The second-order valence-corrected chi connectivity index (χ2v) is 11.5. The summed E-state index contributed by atoms with van der Waals surface area (Å²) >= 11 is 7.00. The lowest BCUT2D eigenvalue weighted by Crippen LogP contribution is -2.29. The number of hydrogen-bond acceptors (Lipinski definition) is 5. The zero-order chi connectivity index (χ0) is 23.7. The standard InChI is InChI=1S/C25H24ClN3O3S2/c26-20-8-6-18(7-9-20)17-29-23-11-10-21(16-24(23)33-25(29)30)34(31,32)27-13-3-14-28-15-12-19-4-1-2-5-22(19)28/h1-2,4-11,16,27H,3,12-15,17H2. The van der Waals surface area contributed by atoms with Crippen molar-refractivity contribution in [1.29, 1.82) is 0 Å². The van der Waals surface area contributed by atoms with Crippen LogP contribution in [0.2, 0.25) is 5.02 Å². The number of para-hydroxylation sites is 1. The van der Waals surface area contributed by atoms with E-state index in [9.17, 15) is 13.2 Å². The molecule has 6 nitrogen and oxygen atoms in total. The van der Waals surface area contributed by atoms with E-state index in [1.807, 2.05) is 18.2 Å². The Kier molecular flexibility index (Phi) is 6.48. The molecule has 0 saturated heterocycles. The highest BCUT2D eigenvalue weighted by atomic mass is 35.5. The molecule has 5 rings (SSSR count). The minimum atomic E-state index is -3.66. The maximum Gasteiger partial charge on any atom is 0.308 e. The molecule has 1 aliphatic heterocycles. The fraction of sp³-hybridized carbons (Fsp3) is 0.240. The zero-order valence-corrected chi connectivity index (χ0v) is 20.8. The van der Waals surface area contributed by atoms with Gasteiger partial charge in [-0.25, -0.2) is 13.1 Å². The van der Waals surface area contributed by atoms with Crippen molar-refractivity contribution in [3.05, 3.63) is 92.5 Å². The van der Waals surface area contributed by atoms with Gasteiger partial charge in [-0.05, 0) is 60.4 Å². The van der Waals surface area contributed by atoms with Crippen LogP contribution < -0.4 is 14.5 Å². The molecule has 0 fully saturated rings. The third-order valence-electron chi connectivity index (χ3n) is 6.08. The van der Waals surface area contributed by atoms with Crippen LogP contribution in [0.25, 0.3) is 10.2 Å². The molecule has 2 heterocycles. The van der Waals surface area contributed by atoms with Crippen LogP contribution in [0.15, 0.2) is 76.4 Å². The van der Waals surface area contributed by atoms with Crippen molar-refractivity contribution in [1.82, 2.24) is 9.29 Å². The summed E-state index contributed by atoms with van der Waals surface area (Å²) in [6, 6.07) is 20.5. The lowest BCUT2D eigenvalue weighted by atomic mass is 10.2. The van der Waals surface area contributed by atoms with Crippen LogP contribution in [-0.2, 0) is 23.0 Å². The molecule has 176 valence electrons. The first kappa shape index (κ1) is 23.1. The highest BCUT2D eigenvalue weighted by molar-refractivity contribution is 7.89. The molecular weight excluding hydrogens is 490 g/mol. The summed E-state index contributed by atoms with van der Waals surface area (Å²) in [7, 11) is -3.66. The topological polar surface area (TPSA) is 71.4 Å². The number of thiazole rings is 1. The van der Waals surface area contributed by atoms with E-state index in [0.29, 0.717) is 29.2 Å². The molecule has 0 radical (unpaired) electrons. The van der Waals surface area contributed by atoms with Crippen LogP contribution in [0.5, 0.6) is 0 Å². The van der Waals surface area contributed by atoms with Crippen LogP contribution in [0.1, 0.15) is 17.5 Å². The Morgan fingerprint density at radius 2 is 1.82 bits per heavy atom. The summed E-state index contributed by atoms with van der Waals surface area (Å²) in [5.74, 6) is 0. The monoisotopic (exact) mass is 513 g/mol. The third kappa shape index (κ3) is 4.77. The van der Waals surface area contributed by atoms with Crippen LogP contribution in [0, 0.1) is 0 Å². The molecule has 0 saturated carbocycles. The average Bonchev–Trinajstić information content (AvgIpc) is 3.38. The SMILES string of the molecule is O=c1sc2cc(S(=O)(=O)NCCCN3CCc4ccccc43)ccc2n1Cc1ccc(Cl)cc1. The Hall–Kier alpha value is -2.65. The van der Waals surface area contributed by atoms with Gasteiger partial charge in [-0.2, -0.15) is 0 Å². The summed E-state index contributed by atoms with van der Waals surface area (Å²) in [4.78, 5) is 14.9. The van der Waals surface area contributed by atoms with E-state index in [-0.39, 0.29) is 9.77 Å². The largest absolute Gasteiger partial charge is 0.371 e. The minimum Gasteiger partial charge on any atom is -0.371 e. The Bertz CT molecular complexity index is 1490. The van der Waals surface area contributed by atoms with Gasteiger partial charge in [-0.15, -0.1) is 0 Å². The summed E-state index contributed by atoms with van der Waals surface area (Å²) in [6.45, 7) is 2.52. The predicted molar refractivity (Wildman–Crippen MR) is 139 cm³/mol. The molecule has 0 bridgehead atoms. The van der Waals surface area contributed by atoms with Crippen molar-refractivity contribution in [2.45, 2.75) is 24.3 Å². The molecule has 4 aromatic rings. The third-order valence-corrected chi connectivity index (χ3v) is 8.74. The molecule has 9 heteroatoms. The van der Waals surface area contributed by atoms with Crippen LogP contribution >= 0.6 is 22.9 Å². The Morgan fingerprint density at radius 3 is 2.65 bits per heavy atom. The van der Waals surface area contributed by atoms with Crippen molar-refractivity contribution in [2.24, 2.45) is 0 Å². The molecule has 0 atom stereocenters. The van der Waals surface area contributed by atoms with Gasteiger partial charge < -0.3 is 4.90 Å². The molecule has 0 spiro atoms. The number of hydrogen-bond donors (Lipinski definition) is 1. The van der Waals surface area contributed by atoms with Crippen molar-refractivity contribution in [3.63, 3.8) is 0 Å². The number of sulfonamides is 1. The van der Waals surface area contributed by atoms with Gasteiger partial charge in [0.15, 0.2) is 0 Å². The highest BCUT2D eigenvalue weighted by Gasteiger charge is 2.19. The Balaban J connectivity index is 1.25. The van der Waals surface area contributed by atoms with Gasteiger partial charge in [0.1, 0.15) is 0 Å². The fourth-order valence-electron chi connectivity index (χ4n) is 4.33. The minimum absolute atomic E-state index is 0.127. The van der Waals surface area contributed by atoms with E-state index in [1.54, 1.807) is 34.9 Å². The molecule has 0 aliphatic carbocycles. The summed E-state index contributed by atoms with van der Waals surface area (Å²) in [5, 5.41) is 0.638. The van der Waals surface area contributed by atoms with E-state index < -0.39 is 10.0 Å². The summed E-state index contributed by atoms with van der Waals surface area (Å²) < 4.78 is 30.7. The van der Waals surface area contributed by atoms with Gasteiger partial charge in [0, 0.05) is 30.3 Å². The number of nitrogens with one attached hydrogen (secondary N) is 1. The van der Waals surface area contributed by atoms with Gasteiger partial charge in [0.25, 0.3) is 0 Å². The quantitative estimate of drug-likeness (QED) is 0.352. The summed E-state index contributed by atoms with van der Waals surface area (Å²) in [5.41, 5.74) is 4.26. The molecule has 1 aromatic heterocycles. The maximum absolute atomic E-state index is 12.9. The van der Waals surface area contributed by atoms with E-state index >= 15 is 0 Å². The molecular formula is C25H24ClN3O3S2. The van der Waals surface area contributed by atoms with Crippen LogP contribution in [0.4, 0.5) is 5.69 Å². The first-order valence-electron chi connectivity index (χ1n) is 11.1. The number of rotatable bonds is 8. The van der Waals surface area contributed by atoms with Crippen molar-refractivity contribution in [3.8, 4) is 0 Å². The lowest BCUT2D eigenvalue weighted by molar-refractivity contribution is 0.578. The van der Waals surface area contributed by atoms with Crippen molar-refractivity contribution < 1.29 is 8.42 Å².